The fourth-order valence-electron chi connectivity index (χ4n) is 2.54. The summed E-state index contributed by atoms with van der Waals surface area (Å²) in [5.74, 6) is 1.98. The van der Waals surface area contributed by atoms with Gasteiger partial charge in [0.25, 0.3) is 0 Å². The normalized spacial score (nSPS) is 41.7. The van der Waals surface area contributed by atoms with Crippen LogP contribution in [-0.2, 0) is 0 Å². The van der Waals surface area contributed by atoms with Gasteiger partial charge in [-0.1, -0.05) is 6.42 Å². The number of likely N-dealkylation sites (tertiary alicyclic amines) is 1. The molecule has 1 aliphatic carbocycles. The van der Waals surface area contributed by atoms with Crippen LogP contribution in [0.4, 0.5) is 0 Å². The minimum absolute atomic E-state index is 0.991. The Morgan fingerprint density at radius 1 is 1.10 bits per heavy atom. The molecule has 1 nitrogen and oxygen atoms in total. The molecule has 0 radical (unpaired) electrons. The summed E-state index contributed by atoms with van der Waals surface area (Å²) in [7, 11) is 4.01. The van der Waals surface area contributed by atoms with Crippen molar-refractivity contribution in [1.29, 1.82) is 0 Å². The van der Waals surface area contributed by atoms with Crippen molar-refractivity contribution < 1.29 is 0 Å². The molecule has 0 spiro atoms. The fraction of sp³-hybridized carbons (Fsp3) is 0.889. The molecule has 1 heterocycles. The van der Waals surface area contributed by atoms with Crippen molar-refractivity contribution in [2.24, 2.45) is 11.8 Å². The maximum absolute atomic E-state index is 4.01. The third kappa shape index (κ3) is 1.20. The Morgan fingerprint density at radius 2 is 1.70 bits per heavy atom. The van der Waals surface area contributed by atoms with Crippen LogP contribution in [0.5, 0.6) is 0 Å². The van der Waals surface area contributed by atoms with Gasteiger partial charge < -0.3 is 4.90 Å². The summed E-state index contributed by atoms with van der Waals surface area (Å²) in [4.78, 5) is 2.26. The second-order valence-electron chi connectivity index (χ2n) is 3.93. The molecule has 1 heteroatoms. The maximum atomic E-state index is 4.01. The highest BCUT2D eigenvalue weighted by atomic mass is 15.1. The van der Waals surface area contributed by atoms with Crippen molar-refractivity contribution in [3.05, 3.63) is 7.05 Å². The number of nitrogens with zero attached hydrogens (tertiary/aromatic N) is 1. The lowest BCUT2D eigenvalue weighted by atomic mass is 9.78. The number of piperidine rings is 1. The van der Waals surface area contributed by atoms with Crippen LogP contribution >= 0.6 is 0 Å². The van der Waals surface area contributed by atoms with Gasteiger partial charge in [-0.05, 0) is 44.2 Å². The number of hydrogen-bond donors (Lipinski definition) is 0. The first kappa shape index (κ1) is 6.66. The molecule has 0 N–H and O–H groups in total. The van der Waals surface area contributed by atoms with E-state index in [1.165, 1.54) is 38.8 Å². The van der Waals surface area contributed by atoms with Gasteiger partial charge in [-0.2, -0.15) is 0 Å². The molecule has 2 unspecified atom stereocenters. The number of hydrogen-bond acceptors (Lipinski definition) is 1. The third-order valence-corrected chi connectivity index (χ3v) is 2.92. The summed E-state index contributed by atoms with van der Waals surface area (Å²) in [6, 6.07) is 0. The van der Waals surface area contributed by atoms with E-state index in [0.29, 0.717) is 0 Å². The Bertz CT molecular complexity index is 106. The van der Waals surface area contributed by atoms with Gasteiger partial charge in [0.15, 0.2) is 0 Å². The molecule has 0 aromatic rings. The quantitative estimate of drug-likeness (QED) is 0.462. The molecule has 2 rings (SSSR count). The molecule has 2 atom stereocenters. The van der Waals surface area contributed by atoms with Gasteiger partial charge in [0, 0.05) is 0 Å². The van der Waals surface area contributed by atoms with E-state index < -0.39 is 0 Å². The van der Waals surface area contributed by atoms with Crippen LogP contribution < -0.4 is 0 Å². The molecule has 2 fully saturated rings. The molecule has 2 bridgehead atoms. The number of fused-ring (bicyclic) bond motifs is 2. The van der Waals surface area contributed by atoms with Crippen molar-refractivity contribution in [1.82, 2.24) is 4.90 Å². The van der Waals surface area contributed by atoms with Gasteiger partial charge in [-0.3, -0.25) is 7.05 Å². The summed E-state index contributed by atoms with van der Waals surface area (Å²) in [6.45, 7) is 2.52. The fourth-order valence-corrected chi connectivity index (χ4v) is 2.54. The molecular formula is C9H16N-. The lowest BCUT2D eigenvalue weighted by molar-refractivity contribution is 0.120. The standard InChI is InChI=1S/C9H16N/c1-10-6-8-3-2-4-9(5-8)7-10/h8-9H,1-7H2/q-1. The van der Waals surface area contributed by atoms with E-state index in [1.807, 2.05) is 0 Å². The van der Waals surface area contributed by atoms with E-state index in [2.05, 4.69) is 11.9 Å². The highest BCUT2D eigenvalue weighted by molar-refractivity contribution is 4.82. The Hall–Kier alpha value is -0.0400. The van der Waals surface area contributed by atoms with E-state index in [0.717, 1.165) is 11.8 Å². The van der Waals surface area contributed by atoms with Crippen LogP contribution in [0.25, 0.3) is 0 Å². The van der Waals surface area contributed by atoms with Crippen LogP contribution in [0.2, 0.25) is 0 Å². The first-order valence-corrected chi connectivity index (χ1v) is 4.40. The Labute approximate surface area is 63.4 Å². The molecule has 0 amide bonds. The van der Waals surface area contributed by atoms with Crippen LogP contribution in [-0.4, -0.2) is 18.0 Å². The summed E-state index contributed by atoms with van der Waals surface area (Å²) in [5.41, 5.74) is 0. The summed E-state index contributed by atoms with van der Waals surface area (Å²) < 4.78 is 0. The Balaban J connectivity index is 1.98. The lowest BCUT2D eigenvalue weighted by Crippen LogP contribution is -2.38. The van der Waals surface area contributed by atoms with E-state index in [9.17, 15) is 0 Å². The summed E-state index contributed by atoms with van der Waals surface area (Å²) in [6.07, 6.45) is 5.89. The van der Waals surface area contributed by atoms with E-state index in [4.69, 9.17) is 0 Å². The van der Waals surface area contributed by atoms with Gasteiger partial charge in [0.1, 0.15) is 0 Å². The van der Waals surface area contributed by atoms with Crippen molar-refractivity contribution in [2.45, 2.75) is 25.7 Å². The highest BCUT2D eigenvalue weighted by Crippen LogP contribution is 2.33. The minimum Gasteiger partial charge on any atom is -0.459 e. The molecule has 10 heavy (non-hydrogen) atoms. The molecule has 0 aromatic carbocycles. The Kier molecular flexibility index (Phi) is 1.69. The van der Waals surface area contributed by atoms with Crippen LogP contribution in [0, 0.1) is 18.9 Å². The molecule has 2 aliphatic rings. The largest absolute Gasteiger partial charge is 0.459 e. The molecular weight excluding hydrogens is 122 g/mol. The second-order valence-corrected chi connectivity index (χ2v) is 3.93. The average molecular weight is 138 g/mol. The summed E-state index contributed by atoms with van der Waals surface area (Å²) >= 11 is 0. The number of rotatable bonds is 0. The van der Waals surface area contributed by atoms with Crippen LogP contribution in [0.3, 0.4) is 0 Å². The predicted octanol–water partition coefficient (Wildman–Crippen LogP) is 1.90. The van der Waals surface area contributed by atoms with E-state index in [1.54, 1.807) is 0 Å². The molecule has 0 aromatic heterocycles. The second kappa shape index (κ2) is 2.54. The molecule has 1 saturated heterocycles. The van der Waals surface area contributed by atoms with Crippen molar-refractivity contribution in [3.63, 3.8) is 0 Å². The molecule has 58 valence electrons. The predicted molar refractivity (Wildman–Crippen MR) is 42.4 cm³/mol. The van der Waals surface area contributed by atoms with Crippen LogP contribution in [0.1, 0.15) is 25.7 Å². The highest BCUT2D eigenvalue weighted by Gasteiger charge is 2.25. The zero-order chi connectivity index (χ0) is 6.97. The van der Waals surface area contributed by atoms with Crippen molar-refractivity contribution in [3.8, 4) is 0 Å². The average Bonchev–Trinajstić information content (AvgIpc) is 1.85. The zero-order valence-corrected chi connectivity index (χ0v) is 6.55. The SMILES string of the molecule is [CH2-]N1CC2CCCC(C2)C1. The summed E-state index contributed by atoms with van der Waals surface area (Å²) in [5, 5.41) is 0. The van der Waals surface area contributed by atoms with Gasteiger partial charge in [0.05, 0.1) is 0 Å². The first-order valence-electron chi connectivity index (χ1n) is 4.40. The van der Waals surface area contributed by atoms with Gasteiger partial charge in [-0.25, -0.2) is 0 Å². The first-order chi connectivity index (χ1) is 4.84. The molecule has 1 saturated carbocycles. The smallest absolute Gasteiger partial charge is 0.0275 e. The van der Waals surface area contributed by atoms with Gasteiger partial charge >= 0.3 is 0 Å². The van der Waals surface area contributed by atoms with E-state index >= 15 is 0 Å². The van der Waals surface area contributed by atoms with E-state index in [-0.39, 0.29) is 0 Å². The monoisotopic (exact) mass is 138 g/mol. The zero-order valence-electron chi connectivity index (χ0n) is 6.55. The maximum Gasteiger partial charge on any atom is -0.0275 e. The molecule has 1 aliphatic heterocycles. The third-order valence-electron chi connectivity index (χ3n) is 2.92. The minimum atomic E-state index is 0.991. The van der Waals surface area contributed by atoms with Gasteiger partial charge in [0.2, 0.25) is 0 Å². The topological polar surface area (TPSA) is 3.24 Å². The van der Waals surface area contributed by atoms with Gasteiger partial charge in [-0.15, -0.1) is 0 Å². The lowest BCUT2D eigenvalue weighted by Gasteiger charge is -2.43. The van der Waals surface area contributed by atoms with Crippen molar-refractivity contribution >= 4 is 0 Å². The van der Waals surface area contributed by atoms with Crippen molar-refractivity contribution in [2.75, 3.05) is 13.1 Å². The van der Waals surface area contributed by atoms with Crippen LogP contribution in [0.15, 0.2) is 0 Å². The Morgan fingerprint density at radius 3 is 2.30 bits per heavy atom.